The SMILES string of the molecule is Cl.Clc1ccc(-c2ccc3coc(C4=NCCN4)c3c2)s1. The maximum Gasteiger partial charge on any atom is 0.176 e. The second-order valence-corrected chi connectivity index (χ2v) is 6.34. The number of hydrogen-bond acceptors (Lipinski definition) is 4. The molecule has 6 heteroatoms. The summed E-state index contributed by atoms with van der Waals surface area (Å²) < 4.78 is 6.48. The van der Waals surface area contributed by atoms with E-state index in [-0.39, 0.29) is 12.4 Å². The van der Waals surface area contributed by atoms with Crippen molar-refractivity contribution in [1.29, 1.82) is 0 Å². The van der Waals surface area contributed by atoms with Gasteiger partial charge in [0.15, 0.2) is 11.6 Å². The summed E-state index contributed by atoms with van der Waals surface area (Å²) in [4.78, 5) is 5.59. The van der Waals surface area contributed by atoms with Gasteiger partial charge in [-0.15, -0.1) is 23.7 Å². The fourth-order valence-electron chi connectivity index (χ4n) is 2.40. The van der Waals surface area contributed by atoms with Crippen LogP contribution >= 0.6 is 35.3 Å². The molecule has 0 atom stereocenters. The number of nitrogens with one attached hydrogen (secondary N) is 1. The van der Waals surface area contributed by atoms with Crippen LogP contribution in [-0.2, 0) is 0 Å². The van der Waals surface area contributed by atoms with Crippen LogP contribution in [0.15, 0.2) is 46.0 Å². The van der Waals surface area contributed by atoms with Crippen molar-refractivity contribution in [3.63, 3.8) is 0 Å². The number of nitrogens with zero attached hydrogens (tertiary/aromatic N) is 1. The lowest BCUT2D eigenvalue weighted by Gasteiger charge is -2.01. The molecular weight excluding hydrogens is 327 g/mol. The summed E-state index contributed by atoms with van der Waals surface area (Å²) in [5, 5.41) is 5.42. The maximum atomic E-state index is 6.01. The number of rotatable bonds is 2. The van der Waals surface area contributed by atoms with Crippen molar-refractivity contribution in [3.05, 3.63) is 46.7 Å². The van der Waals surface area contributed by atoms with E-state index in [1.54, 1.807) is 17.6 Å². The molecule has 108 valence electrons. The zero-order valence-electron chi connectivity index (χ0n) is 10.9. The lowest BCUT2D eigenvalue weighted by molar-refractivity contribution is 0.560. The summed E-state index contributed by atoms with van der Waals surface area (Å²) in [6.45, 7) is 1.68. The van der Waals surface area contributed by atoms with Gasteiger partial charge >= 0.3 is 0 Å². The van der Waals surface area contributed by atoms with Crippen molar-refractivity contribution in [1.82, 2.24) is 5.32 Å². The highest BCUT2D eigenvalue weighted by molar-refractivity contribution is 7.19. The van der Waals surface area contributed by atoms with Crippen molar-refractivity contribution in [2.24, 2.45) is 4.99 Å². The molecule has 3 nitrogen and oxygen atoms in total. The average molecular weight is 339 g/mol. The Kier molecular flexibility index (Phi) is 3.93. The van der Waals surface area contributed by atoms with E-state index in [1.165, 1.54) is 0 Å². The Labute approximate surface area is 137 Å². The number of aliphatic imine (C=N–C) groups is 1. The number of fused-ring (bicyclic) bond motifs is 1. The van der Waals surface area contributed by atoms with Crippen molar-refractivity contribution < 1.29 is 4.42 Å². The van der Waals surface area contributed by atoms with E-state index in [4.69, 9.17) is 16.0 Å². The van der Waals surface area contributed by atoms with E-state index in [1.807, 2.05) is 12.1 Å². The van der Waals surface area contributed by atoms with Gasteiger partial charge < -0.3 is 9.73 Å². The minimum atomic E-state index is 0. The van der Waals surface area contributed by atoms with Crippen LogP contribution in [0.3, 0.4) is 0 Å². The number of amidine groups is 1. The van der Waals surface area contributed by atoms with E-state index in [9.17, 15) is 0 Å². The molecule has 3 heterocycles. The number of furan rings is 1. The lowest BCUT2D eigenvalue weighted by atomic mass is 10.1. The molecule has 4 rings (SSSR count). The standard InChI is InChI=1S/C15H11ClN2OS.ClH/c16-13-4-3-12(20-13)9-1-2-10-8-19-14(11(10)7-9)15-17-5-6-18-15;/h1-4,7-8H,5-6H2,(H,17,18);1H. The minimum Gasteiger partial charge on any atom is -0.460 e. The zero-order chi connectivity index (χ0) is 13.5. The van der Waals surface area contributed by atoms with Crippen LogP contribution in [0.25, 0.3) is 21.2 Å². The van der Waals surface area contributed by atoms with Crippen LogP contribution in [0, 0.1) is 0 Å². The Hall–Kier alpha value is -1.49. The molecule has 1 N–H and O–H groups in total. The smallest absolute Gasteiger partial charge is 0.176 e. The molecule has 0 spiro atoms. The van der Waals surface area contributed by atoms with Crippen molar-refractivity contribution >= 4 is 52.0 Å². The van der Waals surface area contributed by atoms with E-state index in [0.717, 1.165) is 50.2 Å². The molecule has 1 aromatic carbocycles. The van der Waals surface area contributed by atoms with Gasteiger partial charge in [-0.2, -0.15) is 0 Å². The van der Waals surface area contributed by atoms with Gasteiger partial charge in [-0.25, -0.2) is 0 Å². The Morgan fingerprint density at radius 2 is 2.14 bits per heavy atom. The molecule has 3 aromatic rings. The summed E-state index contributed by atoms with van der Waals surface area (Å²) in [6, 6.07) is 10.3. The van der Waals surface area contributed by atoms with E-state index >= 15 is 0 Å². The highest BCUT2D eigenvalue weighted by Gasteiger charge is 2.16. The van der Waals surface area contributed by atoms with Crippen LogP contribution in [0.5, 0.6) is 0 Å². The van der Waals surface area contributed by atoms with E-state index in [2.05, 4.69) is 28.5 Å². The molecule has 0 fully saturated rings. The normalized spacial score (nSPS) is 13.9. The average Bonchev–Trinajstić information content (AvgIpc) is 3.17. The number of hydrogen-bond donors (Lipinski definition) is 1. The minimum absolute atomic E-state index is 0. The first-order chi connectivity index (χ1) is 9.81. The number of halogens is 2. The molecule has 0 radical (unpaired) electrons. The van der Waals surface area contributed by atoms with Crippen LogP contribution in [0.4, 0.5) is 0 Å². The third kappa shape index (κ3) is 2.55. The third-order valence-corrected chi connectivity index (χ3v) is 4.63. The van der Waals surface area contributed by atoms with Gasteiger partial charge in [-0.3, -0.25) is 4.99 Å². The Morgan fingerprint density at radius 1 is 1.24 bits per heavy atom. The monoisotopic (exact) mass is 338 g/mol. The Balaban J connectivity index is 0.00000132. The Bertz CT molecular complexity index is 822. The summed E-state index contributed by atoms with van der Waals surface area (Å²) in [6.07, 6.45) is 1.78. The lowest BCUT2D eigenvalue weighted by Crippen LogP contribution is -2.18. The van der Waals surface area contributed by atoms with Crippen molar-refractivity contribution in [2.75, 3.05) is 13.1 Å². The van der Waals surface area contributed by atoms with Crippen molar-refractivity contribution in [3.8, 4) is 10.4 Å². The zero-order valence-corrected chi connectivity index (χ0v) is 13.3. The second kappa shape index (κ2) is 5.72. The molecule has 0 amide bonds. The molecule has 0 aliphatic carbocycles. The highest BCUT2D eigenvalue weighted by Crippen LogP contribution is 2.34. The summed E-state index contributed by atoms with van der Waals surface area (Å²) in [5.41, 5.74) is 1.15. The van der Waals surface area contributed by atoms with Gasteiger partial charge in [-0.05, 0) is 23.8 Å². The number of benzene rings is 1. The molecule has 0 saturated carbocycles. The van der Waals surface area contributed by atoms with E-state index < -0.39 is 0 Å². The molecule has 1 aliphatic rings. The topological polar surface area (TPSA) is 37.5 Å². The quantitative estimate of drug-likeness (QED) is 0.742. The van der Waals surface area contributed by atoms with Crippen LogP contribution in [0.1, 0.15) is 5.76 Å². The van der Waals surface area contributed by atoms with Crippen LogP contribution in [-0.4, -0.2) is 18.9 Å². The van der Waals surface area contributed by atoms with Gasteiger partial charge in [0.1, 0.15) is 0 Å². The molecule has 0 saturated heterocycles. The summed E-state index contributed by atoms with van der Waals surface area (Å²) in [5.74, 6) is 1.67. The fraction of sp³-hybridized carbons (Fsp3) is 0.133. The second-order valence-electron chi connectivity index (χ2n) is 4.63. The van der Waals surface area contributed by atoms with Crippen molar-refractivity contribution in [2.45, 2.75) is 0 Å². The third-order valence-electron chi connectivity index (χ3n) is 3.35. The molecule has 0 bridgehead atoms. The molecule has 0 unspecified atom stereocenters. The first-order valence-electron chi connectivity index (χ1n) is 6.37. The Morgan fingerprint density at radius 3 is 2.86 bits per heavy atom. The van der Waals surface area contributed by atoms with Gasteiger partial charge in [0, 0.05) is 22.2 Å². The van der Waals surface area contributed by atoms with Gasteiger partial charge in [0.2, 0.25) is 0 Å². The van der Waals surface area contributed by atoms with Crippen LogP contribution in [0.2, 0.25) is 4.34 Å². The van der Waals surface area contributed by atoms with Gasteiger partial charge in [0.25, 0.3) is 0 Å². The van der Waals surface area contributed by atoms with Gasteiger partial charge in [0.05, 0.1) is 17.1 Å². The largest absolute Gasteiger partial charge is 0.460 e. The molecule has 1 aliphatic heterocycles. The predicted molar refractivity (Wildman–Crippen MR) is 91.2 cm³/mol. The number of thiophene rings is 1. The van der Waals surface area contributed by atoms with Gasteiger partial charge in [-0.1, -0.05) is 23.7 Å². The predicted octanol–water partition coefficient (Wildman–Crippen LogP) is 4.59. The fourth-order valence-corrected chi connectivity index (χ4v) is 3.44. The first-order valence-corrected chi connectivity index (χ1v) is 7.56. The maximum absolute atomic E-state index is 6.01. The first kappa shape index (κ1) is 14.4. The highest BCUT2D eigenvalue weighted by atomic mass is 35.5. The van der Waals surface area contributed by atoms with E-state index in [0.29, 0.717) is 0 Å². The molecule has 2 aromatic heterocycles. The summed E-state index contributed by atoms with van der Waals surface area (Å²) >= 11 is 7.59. The molecule has 21 heavy (non-hydrogen) atoms. The summed E-state index contributed by atoms with van der Waals surface area (Å²) in [7, 11) is 0. The molecular formula is C15H12Cl2N2OS. The van der Waals surface area contributed by atoms with Crippen LogP contribution < -0.4 is 5.32 Å².